The Bertz CT molecular complexity index is 1230. The van der Waals surface area contributed by atoms with Crippen molar-refractivity contribution in [2.75, 3.05) is 50.0 Å². The first kappa shape index (κ1) is 29.6. The second-order valence-electron chi connectivity index (χ2n) is 13.4. The van der Waals surface area contributed by atoms with E-state index in [1.54, 1.807) is 6.20 Å². The summed E-state index contributed by atoms with van der Waals surface area (Å²) in [5.74, 6) is 4.23. The quantitative estimate of drug-likeness (QED) is 0.252. The number of nitrogens with one attached hydrogen (secondary N) is 3. The van der Waals surface area contributed by atoms with Gasteiger partial charge in [0, 0.05) is 30.7 Å². The van der Waals surface area contributed by atoms with Gasteiger partial charge in [0.05, 0.1) is 12.9 Å². The second kappa shape index (κ2) is 13.4. The van der Waals surface area contributed by atoms with Gasteiger partial charge >= 0.3 is 0 Å². The first-order valence-corrected chi connectivity index (χ1v) is 16.4. The molecule has 1 aromatic heterocycles. The average molecular weight is 594 g/mol. The Morgan fingerprint density at radius 3 is 2.62 bits per heavy atom. The van der Waals surface area contributed by atoms with Crippen molar-refractivity contribution >= 4 is 23.4 Å². The molecule has 3 N–H and O–H groups in total. The van der Waals surface area contributed by atoms with Crippen molar-refractivity contribution in [1.82, 2.24) is 20.2 Å². The zero-order valence-corrected chi connectivity index (χ0v) is 25.4. The van der Waals surface area contributed by atoms with Crippen LogP contribution in [0, 0.1) is 40.4 Å². The molecule has 4 aliphatic carbocycles. The third kappa shape index (κ3) is 6.85. The number of piperidine rings is 1. The number of hydrogen-bond donors (Lipinski definition) is 3. The van der Waals surface area contributed by atoms with Gasteiger partial charge in [-0.15, -0.1) is 0 Å². The zero-order chi connectivity index (χ0) is 28.9. The van der Waals surface area contributed by atoms with Crippen LogP contribution in [0.25, 0.3) is 0 Å². The molecule has 5 aliphatic rings. The molecule has 0 radical (unpaired) electrons. The molecule has 2 aromatic rings. The maximum Gasteiger partial charge on any atom is 0.224 e. The van der Waals surface area contributed by atoms with Crippen molar-refractivity contribution in [1.29, 1.82) is 5.26 Å². The fourth-order valence-corrected chi connectivity index (χ4v) is 8.95. The second-order valence-corrected chi connectivity index (χ2v) is 13.8. The van der Waals surface area contributed by atoms with Crippen LogP contribution in [0.5, 0.6) is 0 Å². The summed E-state index contributed by atoms with van der Waals surface area (Å²) in [6, 6.07) is 10.6. The summed E-state index contributed by atoms with van der Waals surface area (Å²) in [4.78, 5) is 11.5. The number of hydrogen-bond acceptors (Lipinski definition) is 7. The first-order valence-electron chi connectivity index (χ1n) is 16.0. The Kier molecular flexibility index (Phi) is 9.47. The Morgan fingerprint density at radius 2 is 1.88 bits per heavy atom. The number of likely N-dealkylation sites (tertiary alicyclic amines) is 1. The van der Waals surface area contributed by atoms with Crippen molar-refractivity contribution in [2.24, 2.45) is 29.1 Å². The number of alkyl halides is 1. The fourth-order valence-electron chi connectivity index (χ4n) is 8.75. The minimum Gasteiger partial charge on any atom is -0.368 e. The Hall–Kier alpha value is -2.47. The summed E-state index contributed by atoms with van der Waals surface area (Å²) in [5.41, 5.74) is 1.74. The molecule has 3 unspecified atom stereocenters. The number of nitrogens with zero attached hydrogens (tertiary/aromatic N) is 4. The summed E-state index contributed by atoms with van der Waals surface area (Å²) < 4.78 is 12.5. The zero-order valence-electron chi connectivity index (χ0n) is 24.6. The summed E-state index contributed by atoms with van der Waals surface area (Å²) in [6.45, 7) is 5.50. The lowest BCUT2D eigenvalue weighted by Gasteiger charge is -2.60. The molecule has 9 heteroatoms. The maximum atomic E-state index is 12.5. The molecule has 226 valence electrons. The molecular formula is C33H45ClFN7. The molecule has 7 rings (SSSR count). The van der Waals surface area contributed by atoms with Gasteiger partial charge in [-0.1, -0.05) is 29.8 Å². The minimum atomic E-state index is -0.197. The highest BCUT2D eigenvalue weighted by Crippen LogP contribution is 2.60. The SMILES string of the molecule is N#Cc1cnc(NCc2ccccc2Cl)nc1NCC12CC3C[C@H](C1)C(NCCC1CCN(CCCF)CC1)[C@@H](C3)C2. The van der Waals surface area contributed by atoms with E-state index in [4.69, 9.17) is 16.6 Å². The molecule has 0 spiro atoms. The van der Waals surface area contributed by atoms with Gasteiger partial charge in [-0.05, 0) is 118 Å². The number of benzene rings is 1. The summed E-state index contributed by atoms with van der Waals surface area (Å²) in [6.07, 6.45) is 12.6. The van der Waals surface area contributed by atoms with E-state index in [1.807, 2.05) is 24.3 Å². The summed E-state index contributed by atoms with van der Waals surface area (Å²) in [5, 5.41) is 21.4. The summed E-state index contributed by atoms with van der Waals surface area (Å²) in [7, 11) is 0. The van der Waals surface area contributed by atoms with E-state index in [2.05, 4.69) is 31.9 Å². The average Bonchev–Trinajstić information content (AvgIpc) is 3.00. The van der Waals surface area contributed by atoms with Crippen molar-refractivity contribution in [3.05, 3.63) is 46.6 Å². The van der Waals surface area contributed by atoms with Crippen LogP contribution in [0.2, 0.25) is 5.02 Å². The van der Waals surface area contributed by atoms with Gasteiger partial charge in [0.2, 0.25) is 5.95 Å². The number of aromatic nitrogens is 2. The molecule has 42 heavy (non-hydrogen) atoms. The number of nitriles is 1. The normalized spacial score (nSPS) is 29.0. The molecule has 1 aliphatic heterocycles. The lowest BCUT2D eigenvalue weighted by molar-refractivity contribution is -0.0695. The fraction of sp³-hybridized carbons (Fsp3) is 0.667. The van der Waals surface area contributed by atoms with Crippen LogP contribution in [0.1, 0.15) is 68.9 Å². The van der Waals surface area contributed by atoms with Crippen LogP contribution >= 0.6 is 11.6 Å². The molecule has 2 heterocycles. The standard InChI is InChI=1S/C33H45ClFN7/c34-29-5-2-1-4-25(29)20-38-32-39-21-28(19-36)31(41-32)40-22-33-16-24-14-26(17-33)30(27(15-24)18-33)37-10-6-23-7-12-42(13-8-23)11-3-9-35/h1-2,4-5,21,23-24,26-27,30,37H,3,6-18,20,22H2,(H2,38,39,40,41)/t24?,26-,27+,30?,33?. The van der Waals surface area contributed by atoms with E-state index < -0.39 is 0 Å². The van der Waals surface area contributed by atoms with Crippen LogP contribution in [0.4, 0.5) is 16.2 Å². The minimum absolute atomic E-state index is 0.197. The van der Waals surface area contributed by atoms with E-state index in [-0.39, 0.29) is 12.1 Å². The van der Waals surface area contributed by atoms with Crippen LogP contribution < -0.4 is 16.0 Å². The summed E-state index contributed by atoms with van der Waals surface area (Å²) >= 11 is 6.31. The van der Waals surface area contributed by atoms with Gasteiger partial charge in [-0.3, -0.25) is 4.39 Å². The highest BCUT2D eigenvalue weighted by atomic mass is 35.5. The Morgan fingerprint density at radius 1 is 1.10 bits per heavy atom. The van der Waals surface area contributed by atoms with Crippen molar-refractivity contribution < 1.29 is 4.39 Å². The number of rotatable bonds is 13. The van der Waals surface area contributed by atoms with Crippen LogP contribution in [0.3, 0.4) is 0 Å². The van der Waals surface area contributed by atoms with Gasteiger partial charge in [0.15, 0.2) is 0 Å². The molecule has 7 nitrogen and oxygen atoms in total. The third-order valence-corrected chi connectivity index (χ3v) is 11.0. The van der Waals surface area contributed by atoms with E-state index in [9.17, 15) is 9.65 Å². The Labute approximate surface area is 255 Å². The molecular weight excluding hydrogens is 549 g/mol. The highest BCUT2D eigenvalue weighted by Gasteiger charge is 2.55. The molecule has 4 saturated carbocycles. The molecule has 1 saturated heterocycles. The van der Waals surface area contributed by atoms with Gasteiger partial charge in [0.1, 0.15) is 17.5 Å². The van der Waals surface area contributed by atoms with Crippen molar-refractivity contribution in [2.45, 2.75) is 70.4 Å². The Balaban J connectivity index is 1.01. The van der Waals surface area contributed by atoms with Crippen LogP contribution in [-0.2, 0) is 6.54 Å². The van der Waals surface area contributed by atoms with Gasteiger partial charge in [0.25, 0.3) is 0 Å². The monoisotopic (exact) mass is 593 g/mol. The molecule has 5 atom stereocenters. The van der Waals surface area contributed by atoms with E-state index in [0.29, 0.717) is 41.4 Å². The lowest BCUT2D eigenvalue weighted by atomic mass is 9.48. The lowest BCUT2D eigenvalue weighted by Crippen LogP contribution is -2.59. The number of halogens is 2. The molecule has 0 amide bonds. The third-order valence-electron chi connectivity index (χ3n) is 10.6. The molecule has 1 aromatic carbocycles. The highest BCUT2D eigenvalue weighted by molar-refractivity contribution is 6.31. The predicted octanol–water partition coefficient (Wildman–Crippen LogP) is 6.27. The van der Waals surface area contributed by atoms with Crippen molar-refractivity contribution in [3.63, 3.8) is 0 Å². The maximum absolute atomic E-state index is 12.5. The van der Waals surface area contributed by atoms with E-state index in [1.165, 1.54) is 51.4 Å². The van der Waals surface area contributed by atoms with Gasteiger partial charge < -0.3 is 20.9 Å². The van der Waals surface area contributed by atoms with E-state index in [0.717, 1.165) is 62.0 Å². The van der Waals surface area contributed by atoms with Crippen LogP contribution in [0.15, 0.2) is 30.5 Å². The predicted molar refractivity (Wildman–Crippen MR) is 166 cm³/mol. The molecule has 5 fully saturated rings. The number of anilines is 2. The largest absolute Gasteiger partial charge is 0.368 e. The topological polar surface area (TPSA) is 88.9 Å². The van der Waals surface area contributed by atoms with Crippen molar-refractivity contribution in [3.8, 4) is 6.07 Å². The van der Waals surface area contributed by atoms with Crippen LogP contribution in [-0.4, -0.2) is 60.3 Å². The first-order chi connectivity index (χ1) is 20.5. The van der Waals surface area contributed by atoms with Gasteiger partial charge in [-0.2, -0.15) is 10.2 Å². The smallest absolute Gasteiger partial charge is 0.224 e. The molecule has 4 bridgehead atoms. The van der Waals surface area contributed by atoms with E-state index >= 15 is 0 Å². The van der Waals surface area contributed by atoms with Gasteiger partial charge in [-0.25, -0.2) is 4.98 Å².